The average molecular weight is 529 g/mol. The monoisotopic (exact) mass is 528 g/mol. The van der Waals surface area contributed by atoms with Crippen molar-refractivity contribution >= 4 is 46.7 Å². The summed E-state index contributed by atoms with van der Waals surface area (Å²) in [6.45, 7) is 11.2. The Hall–Kier alpha value is -2.83. The van der Waals surface area contributed by atoms with Crippen molar-refractivity contribution in [2.24, 2.45) is 0 Å². The lowest BCUT2D eigenvalue weighted by Gasteiger charge is -2.51. The Balaban J connectivity index is 1.95. The van der Waals surface area contributed by atoms with E-state index in [0.29, 0.717) is 33.3 Å². The topological polar surface area (TPSA) is 75.7 Å². The van der Waals surface area contributed by atoms with E-state index in [0.717, 1.165) is 5.56 Å². The normalized spacial score (nSPS) is 23.4. The van der Waals surface area contributed by atoms with E-state index in [2.05, 4.69) is 11.9 Å². The van der Waals surface area contributed by atoms with E-state index in [4.69, 9.17) is 27.9 Å². The van der Waals surface area contributed by atoms with Crippen molar-refractivity contribution in [3.8, 4) is 0 Å². The van der Waals surface area contributed by atoms with E-state index < -0.39 is 28.9 Å². The third-order valence-electron chi connectivity index (χ3n) is 6.85. The highest BCUT2D eigenvalue weighted by Crippen LogP contribution is 2.56. The van der Waals surface area contributed by atoms with Crippen LogP contribution in [0.25, 0.3) is 0 Å². The molecule has 6 nitrogen and oxygen atoms in total. The molecule has 2 aromatic rings. The molecule has 4 rings (SSSR count). The van der Waals surface area contributed by atoms with Crippen LogP contribution < -0.4 is 5.32 Å². The van der Waals surface area contributed by atoms with Crippen LogP contribution in [0, 0.1) is 0 Å². The fourth-order valence-electron chi connectivity index (χ4n) is 5.51. The number of esters is 1. The van der Waals surface area contributed by atoms with Gasteiger partial charge in [-0.3, -0.25) is 14.4 Å². The molecule has 8 heteroatoms. The van der Waals surface area contributed by atoms with Crippen molar-refractivity contribution in [2.75, 3.05) is 11.9 Å². The molecule has 2 heterocycles. The van der Waals surface area contributed by atoms with Crippen LogP contribution in [0.15, 0.2) is 54.6 Å². The van der Waals surface area contributed by atoms with Crippen molar-refractivity contribution in [3.05, 3.63) is 75.8 Å². The van der Waals surface area contributed by atoms with Gasteiger partial charge in [-0.25, -0.2) is 0 Å². The molecule has 190 valence electrons. The van der Waals surface area contributed by atoms with Crippen LogP contribution in [-0.2, 0) is 24.5 Å². The summed E-state index contributed by atoms with van der Waals surface area (Å²) in [7, 11) is 0. The van der Waals surface area contributed by atoms with Gasteiger partial charge in [-0.05, 0) is 62.6 Å². The van der Waals surface area contributed by atoms with E-state index in [1.165, 1.54) is 4.90 Å². The molecule has 1 N–H and O–H groups in total. The van der Waals surface area contributed by atoms with Crippen molar-refractivity contribution in [3.63, 3.8) is 0 Å². The second-order valence-corrected chi connectivity index (χ2v) is 11.2. The first-order chi connectivity index (χ1) is 16.9. The quantitative estimate of drug-likeness (QED) is 0.388. The second kappa shape index (κ2) is 9.56. The number of piperidine rings is 1. The number of halogens is 2. The van der Waals surface area contributed by atoms with Gasteiger partial charge in [-0.15, -0.1) is 0 Å². The predicted molar refractivity (Wildman–Crippen MR) is 141 cm³/mol. The minimum Gasteiger partial charge on any atom is -0.459 e. The largest absolute Gasteiger partial charge is 0.459 e. The molecule has 3 atom stereocenters. The van der Waals surface area contributed by atoms with E-state index in [9.17, 15) is 14.4 Å². The molecular weight excluding hydrogens is 499 g/mol. The maximum absolute atomic E-state index is 14.1. The molecule has 1 fully saturated rings. The number of benzene rings is 2. The molecule has 2 amide bonds. The molecule has 0 bridgehead atoms. The van der Waals surface area contributed by atoms with Crippen molar-refractivity contribution in [1.82, 2.24) is 4.90 Å². The Labute approximate surface area is 221 Å². The summed E-state index contributed by atoms with van der Waals surface area (Å²) < 4.78 is 5.54. The number of hydrogen-bond acceptors (Lipinski definition) is 4. The first-order valence-corrected chi connectivity index (χ1v) is 12.7. The molecule has 2 aliphatic rings. The third-order valence-corrected chi connectivity index (χ3v) is 7.32. The van der Waals surface area contributed by atoms with Gasteiger partial charge in [-0.2, -0.15) is 0 Å². The molecule has 1 spiro atoms. The van der Waals surface area contributed by atoms with Gasteiger partial charge >= 0.3 is 5.97 Å². The molecule has 36 heavy (non-hydrogen) atoms. The highest BCUT2D eigenvalue weighted by Gasteiger charge is 2.63. The number of likely N-dealkylation sites (tertiary alicyclic amines) is 1. The summed E-state index contributed by atoms with van der Waals surface area (Å²) in [4.78, 5) is 42.2. The van der Waals surface area contributed by atoms with Gasteiger partial charge in [0.2, 0.25) is 11.8 Å². The summed E-state index contributed by atoms with van der Waals surface area (Å²) in [5.41, 5.74) is 0.759. The third kappa shape index (κ3) is 4.53. The summed E-state index contributed by atoms with van der Waals surface area (Å²) in [6, 6.07) is 11.7. The molecular formula is C28H30Cl2N2O4. The minimum atomic E-state index is -1.24. The Kier molecular flexibility index (Phi) is 6.97. The van der Waals surface area contributed by atoms with E-state index in [1.54, 1.807) is 45.0 Å². The number of ether oxygens (including phenoxy) is 1. The van der Waals surface area contributed by atoms with Crippen molar-refractivity contribution < 1.29 is 19.1 Å². The van der Waals surface area contributed by atoms with E-state index in [-0.39, 0.29) is 24.8 Å². The fraction of sp³-hybridized carbons (Fsp3) is 0.393. The number of carbonyl (C=O) groups excluding carboxylic acids is 3. The SMILES string of the molecule is C=C(CC)[C@H]1N(CC(=O)OC(C)(C)C)C(=O)C[C@@H](c2cccc(Cl)c2)[C@]12C(=O)Nc1cc(Cl)ccc12. The van der Waals surface area contributed by atoms with Crippen LogP contribution in [-0.4, -0.2) is 40.9 Å². The second-order valence-electron chi connectivity index (χ2n) is 10.3. The van der Waals surface area contributed by atoms with Gasteiger partial charge in [0.25, 0.3) is 0 Å². The lowest BCUT2D eigenvalue weighted by Crippen LogP contribution is -2.64. The number of nitrogens with zero attached hydrogens (tertiary/aromatic N) is 1. The Morgan fingerprint density at radius 1 is 1.17 bits per heavy atom. The van der Waals surface area contributed by atoms with Crippen molar-refractivity contribution in [2.45, 2.75) is 63.5 Å². The van der Waals surface area contributed by atoms with E-state index in [1.807, 2.05) is 25.1 Å². The number of rotatable bonds is 5. The molecule has 0 saturated carbocycles. The molecule has 0 aromatic heterocycles. The summed E-state index contributed by atoms with van der Waals surface area (Å²) in [5.74, 6) is -1.62. The Bertz CT molecular complexity index is 1250. The van der Waals surface area contributed by atoms with E-state index >= 15 is 0 Å². The zero-order valence-corrected chi connectivity index (χ0v) is 22.4. The minimum absolute atomic E-state index is 0.00607. The molecule has 1 saturated heterocycles. The zero-order valence-electron chi connectivity index (χ0n) is 20.9. The van der Waals surface area contributed by atoms with Crippen LogP contribution in [0.1, 0.15) is 57.6 Å². The molecule has 0 unspecified atom stereocenters. The van der Waals surface area contributed by atoms with Crippen molar-refractivity contribution in [1.29, 1.82) is 0 Å². The van der Waals surface area contributed by atoms with Gasteiger partial charge in [0.05, 0.1) is 6.04 Å². The summed E-state index contributed by atoms with van der Waals surface area (Å²) in [5, 5.41) is 3.98. The lowest BCUT2D eigenvalue weighted by atomic mass is 9.58. The maximum Gasteiger partial charge on any atom is 0.326 e. The maximum atomic E-state index is 14.1. The molecule has 2 aromatic carbocycles. The Morgan fingerprint density at radius 2 is 1.86 bits per heavy atom. The van der Waals surface area contributed by atoms with Gasteiger partial charge in [0.15, 0.2) is 0 Å². The molecule has 2 aliphatic heterocycles. The summed E-state index contributed by atoms with van der Waals surface area (Å²) in [6.07, 6.45) is 0.509. The van der Waals surface area contributed by atoms with Gasteiger partial charge < -0.3 is 15.0 Å². The fourth-order valence-corrected chi connectivity index (χ4v) is 5.88. The van der Waals surface area contributed by atoms with Gasteiger partial charge in [0, 0.05) is 28.1 Å². The standard InChI is InChI=1S/C28H30Cl2N2O4/c1-6-16(2)25-28(20-11-10-19(30)13-22(20)31-26(28)35)21(17-8-7-9-18(29)12-17)14-23(33)32(25)15-24(34)36-27(3,4)5/h7-13,21,25H,2,6,14-15H2,1,3-5H3,(H,31,35)/t21-,25+,28-/m0/s1. The van der Waals surface area contributed by atoms with Crippen LogP contribution in [0.3, 0.4) is 0 Å². The number of anilines is 1. The first-order valence-electron chi connectivity index (χ1n) is 11.9. The first kappa shape index (κ1) is 26.2. The number of fused-ring (bicyclic) bond motifs is 2. The van der Waals surface area contributed by atoms with Gasteiger partial charge in [0.1, 0.15) is 17.6 Å². The Morgan fingerprint density at radius 3 is 2.50 bits per heavy atom. The summed E-state index contributed by atoms with van der Waals surface area (Å²) >= 11 is 12.6. The van der Waals surface area contributed by atoms with Crippen LogP contribution in [0.2, 0.25) is 10.0 Å². The smallest absolute Gasteiger partial charge is 0.326 e. The number of nitrogens with one attached hydrogen (secondary N) is 1. The number of carbonyl (C=O) groups is 3. The van der Waals surface area contributed by atoms with Crippen LogP contribution in [0.4, 0.5) is 5.69 Å². The number of amides is 2. The highest BCUT2D eigenvalue weighted by atomic mass is 35.5. The predicted octanol–water partition coefficient (Wildman–Crippen LogP) is 5.88. The zero-order chi connectivity index (χ0) is 26.4. The van der Waals surface area contributed by atoms with Crippen LogP contribution >= 0.6 is 23.2 Å². The number of hydrogen-bond donors (Lipinski definition) is 1. The van der Waals surface area contributed by atoms with Crippen LogP contribution in [0.5, 0.6) is 0 Å². The lowest BCUT2D eigenvalue weighted by molar-refractivity contribution is -0.163. The highest BCUT2D eigenvalue weighted by molar-refractivity contribution is 6.31. The van der Waals surface area contributed by atoms with Gasteiger partial charge in [-0.1, -0.05) is 60.5 Å². The average Bonchev–Trinajstić information content (AvgIpc) is 3.05. The molecule has 0 aliphatic carbocycles. The molecule has 0 radical (unpaired) electrons.